The van der Waals surface area contributed by atoms with E-state index >= 15 is 0 Å². The second-order valence-corrected chi connectivity index (χ2v) is 5.83. The lowest BCUT2D eigenvalue weighted by molar-refractivity contribution is -0.123. The third-order valence-electron chi connectivity index (χ3n) is 4.09. The van der Waals surface area contributed by atoms with Gasteiger partial charge in [0.2, 0.25) is 17.6 Å². The molecule has 6 heteroatoms. The molecule has 2 heterocycles. The van der Waals surface area contributed by atoms with Crippen molar-refractivity contribution >= 4 is 5.91 Å². The number of carbonyl (C=O) groups excluding carboxylic acids is 1. The Morgan fingerprint density at radius 2 is 2.18 bits per heavy atom. The van der Waals surface area contributed by atoms with Crippen LogP contribution in [0, 0.1) is 12.8 Å². The molecular formula is C16H20N4O2. The largest absolute Gasteiger partial charge is 0.369 e. The number of piperidine rings is 1. The maximum Gasteiger partial charge on any atom is 0.241 e. The van der Waals surface area contributed by atoms with Crippen molar-refractivity contribution in [2.45, 2.75) is 26.3 Å². The summed E-state index contributed by atoms with van der Waals surface area (Å²) >= 11 is 0. The van der Waals surface area contributed by atoms with Crippen molar-refractivity contribution in [3.05, 3.63) is 35.7 Å². The van der Waals surface area contributed by atoms with Gasteiger partial charge in [0.1, 0.15) is 0 Å². The Morgan fingerprint density at radius 1 is 1.41 bits per heavy atom. The van der Waals surface area contributed by atoms with Gasteiger partial charge in [0.15, 0.2) is 0 Å². The number of nitrogens with zero attached hydrogens (tertiary/aromatic N) is 3. The van der Waals surface area contributed by atoms with Crippen LogP contribution in [-0.4, -0.2) is 34.0 Å². The van der Waals surface area contributed by atoms with Crippen LogP contribution in [-0.2, 0) is 11.3 Å². The summed E-state index contributed by atoms with van der Waals surface area (Å²) in [7, 11) is 0. The fourth-order valence-corrected chi connectivity index (χ4v) is 2.79. The van der Waals surface area contributed by atoms with E-state index in [-0.39, 0.29) is 11.8 Å². The summed E-state index contributed by atoms with van der Waals surface area (Å²) in [5.74, 6) is 1.03. The monoisotopic (exact) mass is 300 g/mol. The van der Waals surface area contributed by atoms with E-state index in [1.807, 2.05) is 31.2 Å². The average Bonchev–Trinajstić information content (AvgIpc) is 2.96. The Morgan fingerprint density at radius 3 is 2.86 bits per heavy atom. The molecule has 0 radical (unpaired) electrons. The maximum absolute atomic E-state index is 11.2. The van der Waals surface area contributed by atoms with Crippen LogP contribution in [0.25, 0.3) is 11.4 Å². The van der Waals surface area contributed by atoms with Gasteiger partial charge in [-0.3, -0.25) is 9.69 Å². The average molecular weight is 300 g/mol. The number of aromatic nitrogens is 2. The zero-order chi connectivity index (χ0) is 15.5. The van der Waals surface area contributed by atoms with Crippen molar-refractivity contribution in [3.8, 4) is 11.4 Å². The molecule has 1 saturated heterocycles. The smallest absolute Gasteiger partial charge is 0.241 e. The third-order valence-corrected chi connectivity index (χ3v) is 4.09. The lowest BCUT2D eigenvalue weighted by atomic mass is 9.96. The highest BCUT2D eigenvalue weighted by atomic mass is 16.5. The second-order valence-electron chi connectivity index (χ2n) is 5.83. The molecule has 116 valence electrons. The van der Waals surface area contributed by atoms with E-state index < -0.39 is 0 Å². The van der Waals surface area contributed by atoms with E-state index in [9.17, 15) is 4.79 Å². The van der Waals surface area contributed by atoms with Crippen LogP contribution in [0.1, 0.15) is 24.3 Å². The molecule has 0 atom stereocenters. The molecule has 1 amide bonds. The molecule has 3 rings (SSSR count). The zero-order valence-electron chi connectivity index (χ0n) is 12.7. The van der Waals surface area contributed by atoms with Gasteiger partial charge in [-0.15, -0.1) is 0 Å². The molecule has 0 bridgehead atoms. The molecule has 1 aromatic carbocycles. The van der Waals surface area contributed by atoms with Crippen LogP contribution >= 0.6 is 0 Å². The van der Waals surface area contributed by atoms with Gasteiger partial charge in [0, 0.05) is 11.5 Å². The predicted octanol–water partition coefficient (Wildman–Crippen LogP) is 1.74. The van der Waals surface area contributed by atoms with Gasteiger partial charge in [-0.2, -0.15) is 4.98 Å². The normalized spacial score (nSPS) is 16.8. The summed E-state index contributed by atoms with van der Waals surface area (Å²) in [6.45, 7) is 4.31. The summed E-state index contributed by atoms with van der Waals surface area (Å²) in [6.07, 6.45) is 1.60. The number of carbonyl (C=O) groups is 1. The quantitative estimate of drug-likeness (QED) is 0.929. The summed E-state index contributed by atoms with van der Waals surface area (Å²) < 4.78 is 5.34. The molecule has 0 saturated carbocycles. The summed E-state index contributed by atoms with van der Waals surface area (Å²) in [6, 6.07) is 8.02. The predicted molar refractivity (Wildman–Crippen MR) is 81.7 cm³/mol. The Hall–Kier alpha value is -2.21. The SMILES string of the molecule is Cc1cccc(-c2noc(CN3CCC(C(N)=O)CC3)n2)c1. The van der Waals surface area contributed by atoms with Crippen LogP contribution in [0.5, 0.6) is 0 Å². The number of nitrogens with two attached hydrogens (primary N) is 1. The van der Waals surface area contributed by atoms with E-state index in [1.165, 1.54) is 0 Å². The molecule has 1 aliphatic rings. The molecule has 1 aliphatic heterocycles. The highest BCUT2D eigenvalue weighted by Crippen LogP contribution is 2.20. The van der Waals surface area contributed by atoms with Crippen molar-refractivity contribution in [1.29, 1.82) is 0 Å². The second kappa shape index (κ2) is 6.27. The molecular weight excluding hydrogens is 280 g/mol. The highest BCUT2D eigenvalue weighted by molar-refractivity contribution is 5.76. The Balaban J connectivity index is 1.62. The van der Waals surface area contributed by atoms with Crippen molar-refractivity contribution in [2.75, 3.05) is 13.1 Å². The molecule has 0 aliphatic carbocycles. The Labute approximate surface area is 129 Å². The number of likely N-dealkylation sites (tertiary alicyclic amines) is 1. The number of hydrogen-bond acceptors (Lipinski definition) is 5. The van der Waals surface area contributed by atoms with Gasteiger partial charge >= 0.3 is 0 Å². The molecule has 6 nitrogen and oxygen atoms in total. The zero-order valence-corrected chi connectivity index (χ0v) is 12.7. The van der Waals surface area contributed by atoms with E-state index in [0.717, 1.165) is 37.1 Å². The van der Waals surface area contributed by atoms with E-state index in [4.69, 9.17) is 10.3 Å². The fraction of sp³-hybridized carbons (Fsp3) is 0.438. The van der Waals surface area contributed by atoms with E-state index in [1.54, 1.807) is 0 Å². The van der Waals surface area contributed by atoms with Gasteiger partial charge < -0.3 is 10.3 Å². The molecule has 2 N–H and O–H groups in total. The molecule has 22 heavy (non-hydrogen) atoms. The third kappa shape index (κ3) is 3.33. The van der Waals surface area contributed by atoms with Gasteiger partial charge in [0.05, 0.1) is 6.54 Å². The first-order chi connectivity index (χ1) is 10.6. The minimum atomic E-state index is -0.195. The van der Waals surface area contributed by atoms with Crippen LogP contribution in [0.2, 0.25) is 0 Å². The van der Waals surface area contributed by atoms with Gasteiger partial charge in [-0.1, -0.05) is 28.9 Å². The van der Waals surface area contributed by atoms with Gasteiger partial charge in [0.25, 0.3) is 0 Å². The van der Waals surface area contributed by atoms with Crippen molar-refractivity contribution in [3.63, 3.8) is 0 Å². The molecule has 0 unspecified atom stereocenters. The molecule has 1 fully saturated rings. The number of primary amides is 1. The maximum atomic E-state index is 11.2. The number of aryl methyl sites for hydroxylation is 1. The molecule has 0 spiro atoms. The van der Waals surface area contributed by atoms with Crippen LogP contribution < -0.4 is 5.73 Å². The van der Waals surface area contributed by atoms with Crippen LogP contribution in [0.4, 0.5) is 0 Å². The number of hydrogen-bond donors (Lipinski definition) is 1. The molecule has 2 aromatic rings. The van der Waals surface area contributed by atoms with Crippen molar-refractivity contribution < 1.29 is 9.32 Å². The number of benzene rings is 1. The Kier molecular flexibility index (Phi) is 4.20. The molecule has 1 aromatic heterocycles. The minimum absolute atomic E-state index is 0.00166. The van der Waals surface area contributed by atoms with E-state index in [2.05, 4.69) is 15.0 Å². The number of rotatable bonds is 4. The minimum Gasteiger partial charge on any atom is -0.369 e. The first-order valence-corrected chi connectivity index (χ1v) is 7.53. The lowest BCUT2D eigenvalue weighted by Gasteiger charge is -2.29. The van der Waals surface area contributed by atoms with Crippen molar-refractivity contribution in [1.82, 2.24) is 15.0 Å². The van der Waals surface area contributed by atoms with Crippen molar-refractivity contribution in [2.24, 2.45) is 11.7 Å². The van der Waals surface area contributed by atoms with E-state index in [0.29, 0.717) is 18.3 Å². The summed E-state index contributed by atoms with van der Waals surface area (Å²) in [5.41, 5.74) is 7.47. The highest BCUT2D eigenvalue weighted by Gasteiger charge is 2.24. The first kappa shape index (κ1) is 14.7. The van der Waals surface area contributed by atoms with Gasteiger partial charge in [-0.05, 0) is 38.9 Å². The topological polar surface area (TPSA) is 85.3 Å². The van der Waals surface area contributed by atoms with Gasteiger partial charge in [-0.25, -0.2) is 0 Å². The lowest BCUT2D eigenvalue weighted by Crippen LogP contribution is -2.38. The van der Waals surface area contributed by atoms with Crippen LogP contribution in [0.15, 0.2) is 28.8 Å². The standard InChI is InChI=1S/C16H20N4O2/c1-11-3-2-4-13(9-11)16-18-14(22-19-16)10-20-7-5-12(6-8-20)15(17)21/h2-4,9,12H,5-8,10H2,1H3,(H2,17,21). The summed E-state index contributed by atoms with van der Waals surface area (Å²) in [5, 5.41) is 4.05. The first-order valence-electron chi connectivity index (χ1n) is 7.53. The Bertz CT molecular complexity index is 660. The number of amides is 1. The summed E-state index contributed by atoms with van der Waals surface area (Å²) in [4.78, 5) is 17.8. The fourth-order valence-electron chi connectivity index (χ4n) is 2.79. The van der Waals surface area contributed by atoms with Crippen LogP contribution in [0.3, 0.4) is 0 Å².